The fourth-order valence-corrected chi connectivity index (χ4v) is 6.24. The normalized spacial score (nSPS) is 21.3. The van der Waals surface area contributed by atoms with Crippen molar-refractivity contribution >= 4 is 11.8 Å². The third kappa shape index (κ3) is 6.26. The molecule has 4 aromatic carbocycles. The molecular formula is C38H38N2O5. The molecule has 2 aliphatic heterocycles. The number of amides is 2. The first-order valence-electron chi connectivity index (χ1n) is 15.3. The molecule has 0 spiro atoms. The maximum absolute atomic E-state index is 13.1. The summed E-state index contributed by atoms with van der Waals surface area (Å²) in [5.41, 5.74) is 6.50. The molecule has 1 fully saturated rings. The summed E-state index contributed by atoms with van der Waals surface area (Å²) in [6.07, 6.45) is 1.03. The zero-order valence-corrected chi connectivity index (χ0v) is 25.6. The summed E-state index contributed by atoms with van der Waals surface area (Å²) < 4.78 is 13.2. The summed E-state index contributed by atoms with van der Waals surface area (Å²) in [6, 6.07) is 30.8. The molecule has 7 heteroatoms. The lowest BCUT2D eigenvalue weighted by Gasteiger charge is -2.42. The quantitative estimate of drug-likeness (QED) is 0.164. The summed E-state index contributed by atoms with van der Waals surface area (Å²) in [4.78, 5) is 29.6. The molecule has 6 rings (SSSR count). The van der Waals surface area contributed by atoms with Crippen LogP contribution in [0, 0.1) is 5.92 Å². The number of ether oxygens (including phenoxy) is 2. The highest BCUT2D eigenvalue weighted by Crippen LogP contribution is 2.42. The summed E-state index contributed by atoms with van der Waals surface area (Å²) in [5, 5.41) is 9.53. The SMILES string of the molecule is C=CCN(C)C[C@H]1O[C@@H](c2ccc(-c3ccccc3CN3C(=O)c4ccccc4C3=O)cc2)O[C@@H](c2ccc(CO)cc2)[C@H]1C. The Labute approximate surface area is 264 Å². The average molecular weight is 603 g/mol. The number of carbonyl (C=O) groups is 2. The lowest BCUT2D eigenvalue weighted by Crippen LogP contribution is -2.43. The molecular weight excluding hydrogens is 564 g/mol. The number of hydrogen-bond acceptors (Lipinski definition) is 6. The van der Waals surface area contributed by atoms with E-state index in [2.05, 4.69) is 25.5 Å². The van der Waals surface area contributed by atoms with Crippen LogP contribution in [0.4, 0.5) is 0 Å². The van der Waals surface area contributed by atoms with Gasteiger partial charge in [0.1, 0.15) is 0 Å². The number of benzene rings is 4. The Bertz CT molecular complexity index is 1650. The predicted octanol–water partition coefficient (Wildman–Crippen LogP) is 6.55. The first-order valence-corrected chi connectivity index (χ1v) is 15.3. The van der Waals surface area contributed by atoms with Crippen LogP contribution in [-0.2, 0) is 22.6 Å². The lowest BCUT2D eigenvalue weighted by molar-refractivity contribution is -0.275. The van der Waals surface area contributed by atoms with Crippen LogP contribution in [0.2, 0.25) is 0 Å². The summed E-state index contributed by atoms with van der Waals surface area (Å²) in [6.45, 7) is 7.69. The standard InChI is InChI=1S/C38H38N2O5/c1-4-21-39(3)23-34-25(2)35(28-15-13-26(24-41)14-16-28)45-38(44-34)29-19-17-27(18-20-29)31-10-6-5-9-30(31)22-40-36(42)32-11-7-8-12-33(32)37(40)43/h4-20,25,34-35,38,41H,1,21-24H2,2-3H3/t25-,34+,35+,38+/m0/s1. The van der Waals surface area contributed by atoms with Crippen LogP contribution in [0.1, 0.15) is 62.3 Å². The minimum Gasteiger partial charge on any atom is -0.392 e. The van der Waals surface area contributed by atoms with Crippen molar-refractivity contribution in [2.45, 2.75) is 38.6 Å². The van der Waals surface area contributed by atoms with Crippen LogP contribution >= 0.6 is 0 Å². The maximum Gasteiger partial charge on any atom is 0.261 e. The molecule has 230 valence electrons. The number of imide groups is 1. The van der Waals surface area contributed by atoms with Crippen molar-refractivity contribution in [1.29, 1.82) is 0 Å². The van der Waals surface area contributed by atoms with Gasteiger partial charge in [0.15, 0.2) is 6.29 Å². The number of nitrogens with zero attached hydrogens (tertiary/aromatic N) is 2. The fraction of sp³-hybridized carbons (Fsp3) is 0.263. The van der Waals surface area contributed by atoms with Crippen LogP contribution in [0.3, 0.4) is 0 Å². The number of carbonyl (C=O) groups excluding carboxylic acids is 2. The van der Waals surface area contributed by atoms with Gasteiger partial charge in [0, 0.05) is 24.6 Å². The molecule has 0 bridgehead atoms. The van der Waals surface area contributed by atoms with Crippen molar-refractivity contribution < 1.29 is 24.2 Å². The van der Waals surface area contributed by atoms with Crippen molar-refractivity contribution in [2.24, 2.45) is 5.92 Å². The minimum absolute atomic E-state index is 0.00413. The molecule has 2 heterocycles. The molecule has 1 N–H and O–H groups in total. The van der Waals surface area contributed by atoms with Gasteiger partial charge in [-0.1, -0.05) is 97.9 Å². The molecule has 7 nitrogen and oxygen atoms in total. The first-order chi connectivity index (χ1) is 21.9. The average Bonchev–Trinajstić information content (AvgIpc) is 3.31. The Morgan fingerprint density at radius 2 is 1.42 bits per heavy atom. The monoisotopic (exact) mass is 602 g/mol. The second-order valence-corrected chi connectivity index (χ2v) is 11.9. The third-order valence-electron chi connectivity index (χ3n) is 8.77. The molecule has 0 unspecified atom stereocenters. The van der Waals surface area contributed by atoms with Crippen LogP contribution in [0.5, 0.6) is 0 Å². The van der Waals surface area contributed by atoms with Gasteiger partial charge in [-0.05, 0) is 47.0 Å². The van der Waals surface area contributed by atoms with Crippen molar-refractivity contribution in [2.75, 3.05) is 20.1 Å². The maximum atomic E-state index is 13.1. The molecule has 0 radical (unpaired) electrons. The van der Waals surface area contributed by atoms with Gasteiger partial charge in [0.2, 0.25) is 0 Å². The molecule has 45 heavy (non-hydrogen) atoms. The van der Waals surface area contributed by atoms with Crippen molar-refractivity contribution in [1.82, 2.24) is 9.80 Å². The van der Waals surface area contributed by atoms with Gasteiger partial charge in [-0.25, -0.2) is 0 Å². The van der Waals surface area contributed by atoms with E-state index in [4.69, 9.17) is 9.47 Å². The second-order valence-electron chi connectivity index (χ2n) is 11.9. The molecule has 4 aromatic rings. The Balaban J connectivity index is 1.25. The van der Waals surface area contributed by atoms with Gasteiger partial charge in [-0.3, -0.25) is 14.5 Å². The lowest BCUT2D eigenvalue weighted by atomic mass is 9.90. The number of likely N-dealkylation sites (N-methyl/N-ethyl adjacent to an activating group) is 1. The smallest absolute Gasteiger partial charge is 0.261 e. The van der Waals surface area contributed by atoms with Crippen molar-refractivity contribution in [3.05, 3.63) is 143 Å². The van der Waals surface area contributed by atoms with Gasteiger partial charge in [0.05, 0.1) is 36.5 Å². The predicted molar refractivity (Wildman–Crippen MR) is 173 cm³/mol. The highest BCUT2D eigenvalue weighted by atomic mass is 16.7. The molecule has 2 aliphatic rings. The first kappa shape index (κ1) is 30.6. The Hall–Kier alpha value is -4.40. The molecule has 1 saturated heterocycles. The number of hydrogen-bond donors (Lipinski definition) is 1. The van der Waals surface area contributed by atoms with Crippen molar-refractivity contribution in [3.63, 3.8) is 0 Å². The summed E-state index contributed by atoms with van der Waals surface area (Å²) >= 11 is 0. The largest absolute Gasteiger partial charge is 0.392 e. The number of aliphatic hydroxyl groups excluding tert-OH is 1. The van der Waals surface area contributed by atoms with Gasteiger partial charge in [0.25, 0.3) is 11.8 Å². The molecule has 0 aromatic heterocycles. The topological polar surface area (TPSA) is 79.3 Å². The molecule has 2 amide bonds. The van der Waals surface area contributed by atoms with E-state index >= 15 is 0 Å². The number of rotatable bonds is 10. The molecule has 0 saturated carbocycles. The van der Waals surface area contributed by atoms with Gasteiger partial charge >= 0.3 is 0 Å². The van der Waals surface area contributed by atoms with Crippen LogP contribution in [-0.4, -0.2) is 53.0 Å². The van der Waals surface area contributed by atoms with E-state index in [-0.39, 0.29) is 43.1 Å². The van der Waals surface area contributed by atoms with E-state index < -0.39 is 6.29 Å². The van der Waals surface area contributed by atoms with Crippen LogP contribution in [0.25, 0.3) is 11.1 Å². The number of aliphatic hydroxyl groups is 1. The van der Waals surface area contributed by atoms with E-state index in [0.29, 0.717) is 11.1 Å². The van der Waals surface area contributed by atoms with Crippen molar-refractivity contribution in [3.8, 4) is 11.1 Å². The van der Waals surface area contributed by atoms with Gasteiger partial charge < -0.3 is 19.5 Å². The highest BCUT2D eigenvalue weighted by molar-refractivity contribution is 6.21. The Kier molecular flexibility index (Phi) is 9.05. The zero-order chi connectivity index (χ0) is 31.5. The summed E-state index contributed by atoms with van der Waals surface area (Å²) in [5.74, 6) is -0.451. The third-order valence-corrected chi connectivity index (χ3v) is 8.77. The molecule has 4 atom stereocenters. The van der Waals surface area contributed by atoms with E-state index in [0.717, 1.165) is 46.5 Å². The van der Waals surface area contributed by atoms with Crippen LogP contribution in [0.15, 0.2) is 110 Å². The van der Waals surface area contributed by atoms with E-state index in [1.165, 1.54) is 4.90 Å². The second kappa shape index (κ2) is 13.3. The number of fused-ring (bicyclic) bond motifs is 1. The van der Waals surface area contributed by atoms with E-state index in [1.807, 2.05) is 78.9 Å². The van der Waals surface area contributed by atoms with Gasteiger partial charge in [-0.15, -0.1) is 6.58 Å². The van der Waals surface area contributed by atoms with E-state index in [1.54, 1.807) is 24.3 Å². The minimum atomic E-state index is -0.575. The Morgan fingerprint density at radius 3 is 2.04 bits per heavy atom. The molecule has 0 aliphatic carbocycles. The van der Waals surface area contributed by atoms with Gasteiger partial charge in [-0.2, -0.15) is 0 Å². The fourth-order valence-electron chi connectivity index (χ4n) is 6.24. The highest BCUT2D eigenvalue weighted by Gasteiger charge is 2.39. The Morgan fingerprint density at radius 1 is 0.822 bits per heavy atom. The summed E-state index contributed by atoms with van der Waals surface area (Å²) in [7, 11) is 2.06. The van der Waals surface area contributed by atoms with Crippen LogP contribution < -0.4 is 0 Å². The zero-order valence-electron chi connectivity index (χ0n) is 25.6. The van der Waals surface area contributed by atoms with E-state index in [9.17, 15) is 14.7 Å².